The van der Waals surface area contributed by atoms with Crippen LogP contribution in [-0.2, 0) is 0 Å². The Morgan fingerprint density at radius 1 is 1.40 bits per heavy atom. The van der Waals surface area contributed by atoms with E-state index in [0.717, 1.165) is 26.7 Å². The van der Waals surface area contributed by atoms with Gasteiger partial charge in [-0.1, -0.05) is 6.07 Å². The van der Waals surface area contributed by atoms with Crippen LogP contribution in [-0.4, -0.2) is 17.0 Å². The molecule has 1 aromatic carbocycles. The average Bonchev–Trinajstić information content (AvgIpc) is 2.80. The van der Waals surface area contributed by atoms with Crippen molar-refractivity contribution in [2.24, 2.45) is 0 Å². The zero-order valence-corrected chi connectivity index (χ0v) is 12.7. The van der Waals surface area contributed by atoms with E-state index in [4.69, 9.17) is 0 Å². The Hall–Kier alpha value is -1.79. The minimum atomic E-state index is -0.374. The van der Waals surface area contributed by atoms with Crippen molar-refractivity contribution in [1.29, 1.82) is 0 Å². The minimum Gasteiger partial charge on any atom is -0.312 e. The van der Waals surface area contributed by atoms with Crippen molar-refractivity contribution in [2.45, 2.75) is 26.8 Å². The molecule has 0 aliphatic heterocycles. The van der Waals surface area contributed by atoms with Gasteiger partial charge in [-0.2, -0.15) is 0 Å². The van der Waals surface area contributed by atoms with Gasteiger partial charge in [0.15, 0.2) is 0 Å². The zero-order valence-electron chi connectivity index (χ0n) is 11.9. The predicted molar refractivity (Wildman–Crippen MR) is 81.2 cm³/mol. The van der Waals surface area contributed by atoms with Crippen LogP contribution in [0.15, 0.2) is 18.2 Å². The first kappa shape index (κ1) is 14.6. The van der Waals surface area contributed by atoms with Crippen molar-refractivity contribution in [1.82, 2.24) is 10.3 Å². The number of nitro benzene ring substituents is 1. The van der Waals surface area contributed by atoms with E-state index in [1.165, 1.54) is 6.07 Å². The molecular formula is C14H17N3O2S. The Bertz CT molecular complexity index is 652. The summed E-state index contributed by atoms with van der Waals surface area (Å²) in [4.78, 5) is 16.3. The highest BCUT2D eigenvalue weighted by Gasteiger charge is 2.17. The van der Waals surface area contributed by atoms with Crippen molar-refractivity contribution in [2.75, 3.05) is 7.05 Å². The Labute approximate surface area is 121 Å². The van der Waals surface area contributed by atoms with Crippen LogP contribution in [0.25, 0.3) is 10.6 Å². The molecule has 1 N–H and O–H groups in total. The average molecular weight is 291 g/mol. The molecular weight excluding hydrogens is 274 g/mol. The van der Waals surface area contributed by atoms with Gasteiger partial charge < -0.3 is 5.32 Å². The smallest absolute Gasteiger partial charge is 0.270 e. The largest absolute Gasteiger partial charge is 0.312 e. The molecule has 0 aliphatic carbocycles. The minimum absolute atomic E-state index is 0.0988. The van der Waals surface area contributed by atoms with Gasteiger partial charge in [-0.3, -0.25) is 10.1 Å². The summed E-state index contributed by atoms with van der Waals surface area (Å²) in [7, 11) is 1.90. The number of nitrogens with zero attached hydrogens (tertiary/aromatic N) is 2. The first-order chi connectivity index (χ1) is 9.43. The Kier molecular flexibility index (Phi) is 4.15. The molecule has 1 unspecified atom stereocenters. The fourth-order valence-electron chi connectivity index (χ4n) is 2.01. The van der Waals surface area contributed by atoms with Crippen molar-refractivity contribution < 1.29 is 4.92 Å². The molecule has 5 nitrogen and oxygen atoms in total. The van der Waals surface area contributed by atoms with Crippen LogP contribution in [0.1, 0.15) is 29.1 Å². The van der Waals surface area contributed by atoms with Crippen LogP contribution in [0.4, 0.5) is 5.69 Å². The fourth-order valence-corrected chi connectivity index (χ4v) is 3.22. The number of nitrogens with one attached hydrogen (secondary N) is 1. The quantitative estimate of drug-likeness (QED) is 0.690. The number of benzene rings is 1. The van der Waals surface area contributed by atoms with E-state index >= 15 is 0 Å². The normalized spacial score (nSPS) is 12.4. The van der Waals surface area contributed by atoms with Gasteiger partial charge in [0.25, 0.3) is 5.69 Å². The summed E-state index contributed by atoms with van der Waals surface area (Å²) in [6, 6.07) is 5.11. The second-order valence-electron chi connectivity index (χ2n) is 4.74. The topological polar surface area (TPSA) is 68.1 Å². The molecule has 0 saturated carbocycles. The summed E-state index contributed by atoms with van der Waals surface area (Å²) in [6.45, 7) is 5.98. The Morgan fingerprint density at radius 2 is 2.10 bits per heavy atom. The van der Waals surface area contributed by atoms with E-state index in [1.807, 2.05) is 20.9 Å². The highest BCUT2D eigenvalue weighted by Crippen LogP contribution is 2.34. The molecule has 0 spiro atoms. The standard InChI is InChI=1S/C14H17N3O2S/c1-8-5-6-11(17(18)19)7-12(8)14-16-10(3)13(20-14)9(2)15-4/h5-7,9,15H,1-4H3. The molecule has 1 aromatic heterocycles. The summed E-state index contributed by atoms with van der Waals surface area (Å²) in [5.41, 5.74) is 2.90. The number of hydrogen-bond donors (Lipinski definition) is 1. The van der Waals surface area contributed by atoms with Gasteiger partial charge in [0.1, 0.15) is 5.01 Å². The maximum Gasteiger partial charge on any atom is 0.270 e. The number of nitro groups is 1. The first-order valence-electron chi connectivity index (χ1n) is 6.34. The van der Waals surface area contributed by atoms with Gasteiger partial charge in [-0.15, -0.1) is 11.3 Å². The number of non-ortho nitro benzene ring substituents is 1. The molecule has 106 valence electrons. The molecule has 2 aromatic rings. The summed E-state index contributed by atoms with van der Waals surface area (Å²) in [6.07, 6.45) is 0. The molecule has 6 heteroatoms. The maximum atomic E-state index is 10.9. The van der Waals surface area contributed by atoms with Crippen LogP contribution in [0.5, 0.6) is 0 Å². The third kappa shape index (κ3) is 2.71. The Balaban J connectivity index is 2.51. The van der Waals surface area contributed by atoms with Crippen LogP contribution in [0.3, 0.4) is 0 Å². The molecule has 0 aliphatic rings. The first-order valence-corrected chi connectivity index (χ1v) is 7.15. The van der Waals surface area contributed by atoms with E-state index in [1.54, 1.807) is 23.5 Å². The van der Waals surface area contributed by atoms with Gasteiger partial charge in [-0.25, -0.2) is 4.98 Å². The summed E-state index contributed by atoms with van der Waals surface area (Å²) in [5, 5.41) is 14.9. The highest BCUT2D eigenvalue weighted by atomic mass is 32.1. The molecule has 0 saturated heterocycles. The van der Waals surface area contributed by atoms with Crippen LogP contribution >= 0.6 is 11.3 Å². The Morgan fingerprint density at radius 3 is 2.70 bits per heavy atom. The van der Waals surface area contributed by atoms with Crippen molar-refractivity contribution >= 4 is 17.0 Å². The second-order valence-corrected chi connectivity index (χ2v) is 5.77. The predicted octanol–water partition coefficient (Wildman–Crippen LogP) is 3.62. The maximum absolute atomic E-state index is 10.9. The molecule has 0 fully saturated rings. The van der Waals surface area contributed by atoms with Gasteiger partial charge in [-0.05, 0) is 33.4 Å². The van der Waals surface area contributed by atoms with Gasteiger partial charge in [0.2, 0.25) is 0 Å². The summed E-state index contributed by atoms with van der Waals surface area (Å²) in [5.74, 6) is 0. The van der Waals surface area contributed by atoms with Crippen molar-refractivity contribution in [3.8, 4) is 10.6 Å². The second kappa shape index (κ2) is 5.68. The lowest BCUT2D eigenvalue weighted by Crippen LogP contribution is -2.11. The van der Waals surface area contributed by atoms with Gasteiger partial charge >= 0.3 is 0 Å². The third-order valence-electron chi connectivity index (χ3n) is 3.32. The SMILES string of the molecule is CNC(C)c1sc(-c2cc([N+](=O)[O-])ccc2C)nc1C. The van der Waals surface area contributed by atoms with Gasteiger partial charge in [0, 0.05) is 28.6 Å². The molecule has 2 rings (SSSR count). The number of rotatable bonds is 4. The van der Waals surface area contributed by atoms with E-state index in [9.17, 15) is 10.1 Å². The van der Waals surface area contributed by atoms with E-state index in [-0.39, 0.29) is 16.7 Å². The lowest BCUT2D eigenvalue weighted by atomic mass is 10.1. The number of thiazole rings is 1. The molecule has 0 radical (unpaired) electrons. The summed E-state index contributed by atoms with van der Waals surface area (Å²) >= 11 is 1.58. The zero-order chi connectivity index (χ0) is 14.9. The van der Waals surface area contributed by atoms with Crippen molar-refractivity contribution in [3.63, 3.8) is 0 Å². The van der Waals surface area contributed by atoms with E-state index in [0.29, 0.717) is 0 Å². The summed E-state index contributed by atoms with van der Waals surface area (Å²) < 4.78 is 0. The van der Waals surface area contributed by atoms with Crippen LogP contribution in [0, 0.1) is 24.0 Å². The fraction of sp³-hybridized carbons (Fsp3) is 0.357. The lowest BCUT2D eigenvalue weighted by Gasteiger charge is -2.07. The number of aromatic nitrogens is 1. The number of aryl methyl sites for hydroxylation is 2. The molecule has 1 atom stereocenters. The highest BCUT2D eigenvalue weighted by molar-refractivity contribution is 7.15. The third-order valence-corrected chi connectivity index (χ3v) is 4.69. The molecule has 0 bridgehead atoms. The molecule has 20 heavy (non-hydrogen) atoms. The van der Waals surface area contributed by atoms with Crippen LogP contribution < -0.4 is 5.32 Å². The van der Waals surface area contributed by atoms with E-state index < -0.39 is 0 Å². The molecule has 0 amide bonds. The molecule has 1 heterocycles. The number of hydrogen-bond acceptors (Lipinski definition) is 5. The lowest BCUT2D eigenvalue weighted by molar-refractivity contribution is -0.384. The van der Waals surface area contributed by atoms with Crippen molar-refractivity contribution in [3.05, 3.63) is 44.4 Å². The van der Waals surface area contributed by atoms with Crippen LogP contribution in [0.2, 0.25) is 0 Å². The van der Waals surface area contributed by atoms with Gasteiger partial charge in [0.05, 0.1) is 10.6 Å². The monoisotopic (exact) mass is 291 g/mol. The van der Waals surface area contributed by atoms with E-state index in [2.05, 4.69) is 17.2 Å².